The first-order chi connectivity index (χ1) is 9.95. The number of nitrogens with one attached hydrogen (secondary N) is 1. The molecule has 1 aromatic carbocycles. The lowest BCUT2D eigenvalue weighted by Crippen LogP contribution is -2.33. The Morgan fingerprint density at radius 3 is 2.62 bits per heavy atom. The zero-order valence-electron chi connectivity index (χ0n) is 11.7. The van der Waals surface area contributed by atoms with E-state index in [9.17, 15) is 14.9 Å². The van der Waals surface area contributed by atoms with Crippen molar-refractivity contribution in [2.75, 3.05) is 0 Å². The van der Waals surface area contributed by atoms with Crippen LogP contribution in [0.5, 0.6) is 0 Å². The monoisotopic (exact) mass is 289 g/mol. The Morgan fingerprint density at radius 2 is 2.05 bits per heavy atom. The number of rotatable bonds is 5. The van der Waals surface area contributed by atoms with E-state index >= 15 is 0 Å². The lowest BCUT2D eigenvalue weighted by Gasteiger charge is -2.07. The maximum atomic E-state index is 11.6. The number of non-ortho nitro benzene ring substituents is 1. The molecule has 21 heavy (non-hydrogen) atoms. The summed E-state index contributed by atoms with van der Waals surface area (Å²) in [5, 5.41) is 17.5. The minimum absolute atomic E-state index is 0.00879. The summed E-state index contributed by atoms with van der Waals surface area (Å²) in [7, 11) is 0. The van der Waals surface area contributed by atoms with E-state index in [0.29, 0.717) is 11.4 Å². The first kappa shape index (κ1) is 14.6. The van der Waals surface area contributed by atoms with Crippen LogP contribution in [0.1, 0.15) is 13.8 Å². The molecule has 0 fully saturated rings. The summed E-state index contributed by atoms with van der Waals surface area (Å²) in [6, 6.07) is 6.00. The van der Waals surface area contributed by atoms with Gasteiger partial charge in [0.1, 0.15) is 12.9 Å². The van der Waals surface area contributed by atoms with Crippen LogP contribution < -0.4 is 5.32 Å². The molecule has 1 amide bonds. The molecule has 0 saturated carbocycles. The van der Waals surface area contributed by atoms with Gasteiger partial charge in [0.2, 0.25) is 5.91 Å². The first-order valence-electron chi connectivity index (χ1n) is 6.39. The van der Waals surface area contributed by atoms with E-state index in [-0.39, 0.29) is 24.2 Å². The van der Waals surface area contributed by atoms with E-state index in [4.69, 9.17) is 0 Å². The summed E-state index contributed by atoms with van der Waals surface area (Å²) in [6.07, 6.45) is 1.46. The quantitative estimate of drug-likeness (QED) is 0.661. The molecule has 1 N–H and O–H groups in total. The highest BCUT2D eigenvalue weighted by molar-refractivity contribution is 5.75. The third kappa shape index (κ3) is 3.85. The van der Waals surface area contributed by atoms with Gasteiger partial charge in [-0.05, 0) is 26.0 Å². The number of aromatic nitrogens is 3. The van der Waals surface area contributed by atoms with Gasteiger partial charge in [-0.2, -0.15) is 5.10 Å². The van der Waals surface area contributed by atoms with E-state index in [0.717, 1.165) is 0 Å². The van der Waals surface area contributed by atoms with Crippen LogP contribution in [0.25, 0.3) is 11.4 Å². The second-order valence-corrected chi connectivity index (χ2v) is 4.79. The van der Waals surface area contributed by atoms with Gasteiger partial charge in [-0.3, -0.25) is 14.9 Å². The minimum Gasteiger partial charge on any atom is -0.352 e. The molecule has 1 heterocycles. The Morgan fingerprint density at radius 1 is 1.38 bits per heavy atom. The largest absolute Gasteiger partial charge is 0.352 e. The maximum absolute atomic E-state index is 11.6. The molecule has 0 saturated heterocycles. The van der Waals surface area contributed by atoms with Crippen molar-refractivity contribution in [1.29, 1.82) is 0 Å². The van der Waals surface area contributed by atoms with E-state index in [1.54, 1.807) is 12.1 Å². The number of amides is 1. The van der Waals surface area contributed by atoms with E-state index in [2.05, 4.69) is 15.4 Å². The second kappa shape index (κ2) is 6.12. The van der Waals surface area contributed by atoms with Gasteiger partial charge < -0.3 is 5.32 Å². The standard InChI is InChI=1S/C13H15N5O3/c1-9(2)15-12(19)7-17-8-14-13(16-17)10-3-5-11(6-4-10)18(20)21/h3-6,8-9H,7H2,1-2H3,(H,15,19). The number of hydrogen-bond acceptors (Lipinski definition) is 5. The van der Waals surface area contributed by atoms with Gasteiger partial charge >= 0.3 is 0 Å². The zero-order valence-corrected chi connectivity index (χ0v) is 11.7. The van der Waals surface area contributed by atoms with Crippen LogP contribution in [-0.4, -0.2) is 31.6 Å². The Kier molecular flexibility index (Phi) is 4.27. The van der Waals surface area contributed by atoms with E-state index < -0.39 is 4.92 Å². The fourth-order valence-corrected chi connectivity index (χ4v) is 1.75. The van der Waals surface area contributed by atoms with Gasteiger partial charge in [0.15, 0.2) is 5.82 Å². The molecular weight excluding hydrogens is 274 g/mol. The van der Waals surface area contributed by atoms with Crippen LogP contribution in [0.15, 0.2) is 30.6 Å². The molecule has 2 aromatic rings. The highest BCUT2D eigenvalue weighted by Gasteiger charge is 2.10. The van der Waals surface area contributed by atoms with Gasteiger partial charge in [0.05, 0.1) is 4.92 Å². The number of hydrogen-bond donors (Lipinski definition) is 1. The summed E-state index contributed by atoms with van der Waals surface area (Å²) in [4.78, 5) is 25.8. The number of carbonyl (C=O) groups excluding carboxylic acids is 1. The molecule has 0 aliphatic heterocycles. The highest BCUT2D eigenvalue weighted by atomic mass is 16.6. The van der Waals surface area contributed by atoms with Gasteiger partial charge in [0.25, 0.3) is 5.69 Å². The average molecular weight is 289 g/mol. The Hall–Kier alpha value is -2.77. The third-order valence-corrected chi connectivity index (χ3v) is 2.63. The van der Waals surface area contributed by atoms with Crippen molar-refractivity contribution in [2.24, 2.45) is 0 Å². The first-order valence-corrected chi connectivity index (χ1v) is 6.39. The van der Waals surface area contributed by atoms with E-state index in [1.165, 1.54) is 23.1 Å². The van der Waals surface area contributed by atoms with Crippen LogP contribution in [0.3, 0.4) is 0 Å². The third-order valence-electron chi connectivity index (χ3n) is 2.63. The lowest BCUT2D eigenvalue weighted by molar-refractivity contribution is -0.384. The molecule has 8 nitrogen and oxygen atoms in total. The SMILES string of the molecule is CC(C)NC(=O)Cn1cnc(-c2ccc([N+](=O)[O-])cc2)n1. The molecule has 0 atom stereocenters. The molecule has 0 spiro atoms. The van der Waals surface area contributed by atoms with E-state index in [1.807, 2.05) is 13.8 Å². The van der Waals surface area contributed by atoms with Crippen LogP contribution in [-0.2, 0) is 11.3 Å². The summed E-state index contributed by atoms with van der Waals surface area (Å²) >= 11 is 0. The van der Waals surface area contributed by atoms with Crippen molar-refractivity contribution in [1.82, 2.24) is 20.1 Å². The summed E-state index contributed by atoms with van der Waals surface area (Å²) in [5.41, 5.74) is 0.665. The summed E-state index contributed by atoms with van der Waals surface area (Å²) in [6.45, 7) is 3.83. The van der Waals surface area contributed by atoms with Crippen LogP contribution >= 0.6 is 0 Å². The maximum Gasteiger partial charge on any atom is 0.269 e. The topological polar surface area (TPSA) is 103 Å². The molecular formula is C13H15N5O3. The highest BCUT2D eigenvalue weighted by Crippen LogP contribution is 2.18. The van der Waals surface area contributed by atoms with Gasteiger partial charge in [-0.25, -0.2) is 9.67 Å². The number of nitrogens with zero attached hydrogens (tertiary/aromatic N) is 4. The second-order valence-electron chi connectivity index (χ2n) is 4.79. The van der Waals surface area contributed by atoms with Gasteiger partial charge in [-0.15, -0.1) is 0 Å². The van der Waals surface area contributed by atoms with Crippen molar-refractivity contribution in [3.63, 3.8) is 0 Å². The molecule has 2 rings (SSSR count). The molecule has 0 radical (unpaired) electrons. The Labute approximate surface area is 121 Å². The summed E-state index contributed by atoms with van der Waals surface area (Å²) < 4.78 is 1.43. The van der Waals surface area contributed by atoms with Crippen LogP contribution in [0, 0.1) is 10.1 Å². The average Bonchev–Trinajstić information content (AvgIpc) is 2.86. The van der Waals surface area contributed by atoms with Crippen molar-refractivity contribution >= 4 is 11.6 Å². The molecule has 0 aliphatic carbocycles. The molecule has 0 bridgehead atoms. The molecule has 110 valence electrons. The molecule has 8 heteroatoms. The van der Waals surface area contributed by atoms with Crippen molar-refractivity contribution < 1.29 is 9.72 Å². The van der Waals surface area contributed by atoms with Gasteiger partial charge in [0, 0.05) is 23.7 Å². The predicted molar refractivity (Wildman–Crippen MR) is 75.4 cm³/mol. The summed E-state index contributed by atoms with van der Waals surface area (Å²) in [5.74, 6) is 0.271. The fourth-order valence-electron chi connectivity index (χ4n) is 1.75. The molecule has 1 aromatic heterocycles. The predicted octanol–water partition coefficient (Wildman–Crippen LogP) is 1.38. The van der Waals surface area contributed by atoms with Crippen molar-refractivity contribution in [3.8, 4) is 11.4 Å². The van der Waals surface area contributed by atoms with Crippen LogP contribution in [0.2, 0.25) is 0 Å². The normalized spacial score (nSPS) is 10.6. The lowest BCUT2D eigenvalue weighted by atomic mass is 10.2. The number of benzene rings is 1. The van der Waals surface area contributed by atoms with Crippen LogP contribution in [0.4, 0.5) is 5.69 Å². The van der Waals surface area contributed by atoms with Crippen molar-refractivity contribution in [2.45, 2.75) is 26.4 Å². The number of nitro benzene ring substituents is 1. The zero-order chi connectivity index (χ0) is 15.4. The molecule has 0 aliphatic rings. The molecule has 0 unspecified atom stereocenters. The Bertz CT molecular complexity index is 648. The van der Waals surface area contributed by atoms with Crippen molar-refractivity contribution in [3.05, 3.63) is 40.7 Å². The Balaban J connectivity index is 2.09. The number of nitro groups is 1. The smallest absolute Gasteiger partial charge is 0.269 e. The van der Waals surface area contributed by atoms with Gasteiger partial charge in [-0.1, -0.05) is 0 Å². The fraction of sp³-hybridized carbons (Fsp3) is 0.308. The minimum atomic E-state index is -0.466. The number of carbonyl (C=O) groups is 1.